The summed E-state index contributed by atoms with van der Waals surface area (Å²) >= 11 is 1.37. The van der Waals surface area contributed by atoms with Gasteiger partial charge in [0.1, 0.15) is 6.04 Å². The number of hydrogen-bond donors (Lipinski definition) is 3. The Balaban J connectivity index is 1.52. The van der Waals surface area contributed by atoms with E-state index < -0.39 is 6.04 Å². The summed E-state index contributed by atoms with van der Waals surface area (Å²) in [6, 6.07) is 20.1. The predicted molar refractivity (Wildman–Crippen MR) is 121 cm³/mol. The van der Waals surface area contributed by atoms with Crippen LogP contribution in [0.2, 0.25) is 0 Å². The van der Waals surface area contributed by atoms with Crippen LogP contribution in [0.3, 0.4) is 0 Å². The number of amides is 1. The van der Waals surface area contributed by atoms with Crippen molar-refractivity contribution in [2.45, 2.75) is 12.6 Å². The van der Waals surface area contributed by atoms with E-state index in [0.29, 0.717) is 17.4 Å². The minimum Gasteiger partial charge on any atom is -0.300 e. The molecule has 0 saturated heterocycles. The van der Waals surface area contributed by atoms with Crippen LogP contribution in [0.5, 0.6) is 0 Å². The molecule has 0 fully saturated rings. The first-order valence-electron chi connectivity index (χ1n) is 9.65. The molecular formula is C23H20N6OS. The average Bonchev–Trinajstić information content (AvgIpc) is 3.29. The number of hydrogen-bond acceptors (Lipinski definition) is 7. The number of para-hydroxylation sites is 1. The van der Waals surface area contributed by atoms with E-state index >= 15 is 0 Å². The van der Waals surface area contributed by atoms with Gasteiger partial charge in [0, 0.05) is 29.9 Å². The Labute approximate surface area is 183 Å². The predicted octanol–water partition coefficient (Wildman–Crippen LogP) is 5.34. The second kappa shape index (κ2) is 9.84. The Bertz CT molecular complexity index is 1160. The Kier molecular flexibility index (Phi) is 6.51. The van der Waals surface area contributed by atoms with Crippen LogP contribution < -0.4 is 10.6 Å². The summed E-state index contributed by atoms with van der Waals surface area (Å²) in [5, 5.41) is 12.2. The Hall–Kier alpha value is -3.75. The third-order valence-electron chi connectivity index (χ3n) is 4.71. The molecule has 0 aliphatic rings. The third kappa shape index (κ3) is 5.06. The Morgan fingerprint density at radius 3 is 2.55 bits per heavy atom. The zero-order valence-corrected chi connectivity index (χ0v) is 17.3. The number of carbonyl (C=O) groups excluding carboxylic acids is 1. The first-order valence-corrected chi connectivity index (χ1v) is 10.5. The number of aromatic nitrogens is 2. The summed E-state index contributed by atoms with van der Waals surface area (Å²) in [4.78, 5) is 21.7. The maximum atomic E-state index is 13.2. The Morgan fingerprint density at radius 2 is 1.77 bits per heavy atom. The number of anilines is 1. The highest BCUT2D eigenvalue weighted by atomic mass is 32.1. The molecule has 4 aromatic rings. The maximum absolute atomic E-state index is 13.2. The van der Waals surface area contributed by atoms with E-state index in [1.165, 1.54) is 11.3 Å². The SMILES string of the molecule is N=Nc1ccccc1CNC(C(=O)Nc1nc(-c2ccncc2)cs1)c1ccccc1. The zero-order valence-electron chi connectivity index (χ0n) is 16.5. The number of nitrogens with one attached hydrogen (secondary N) is 3. The minimum absolute atomic E-state index is 0.206. The molecule has 2 heterocycles. The van der Waals surface area contributed by atoms with E-state index in [0.717, 1.165) is 22.4 Å². The lowest BCUT2D eigenvalue weighted by Gasteiger charge is -2.18. The second-order valence-corrected chi connectivity index (χ2v) is 7.59. The van der Waals surface area contributed by atoms with Gasteiger partial charge in [-0.05, 0) is 29.3 Å². The minimum atomic E-state index is -0.590. The van der Waals surface area contributed by atoms with Gasteiger partial charge in [0.15, 0.2) is 5.13 Å². The molecule has 1 amide bonds. The van der Waals surface area contributed by atoms with E-state index in [2.05, 4.69) is 25.7 Å². The van der Waals surface area contributed by atoms with Gasteiger partial charge in [-0.2, -0.15) is 5.11 Å². The normalized spacial score (nSPS) is 11.6. The van der Waals surface area contributed by atoms with Gasteiger partial charge in [-0.1, -0.05) is 48.5 Å². The van der Waals surface area contributed by atoms with Crippen molar-refractivity contribution in [2.24, 2.45) is 5.11 Å². The fraction of sp³-hybridized carbons (Fsp3) is 0.0870. The summed E-state index contributed by atoms with van der Waals surface area (Å²) in [5.74, 6) is -0.206. The molecule has 8 heteroatoms. The highest BCUT2D eigenvalue weighted by Gasteiger charge is 2.21. The van der Waals surface area contributed by atoms with Crippen molar-refractivity contribution in [3.8, 4) is 11.3 Å². The first-order chi connectivity index (χ1) is 15.2. The molecule has 1 atom stereocenters. The number of thiazole rings is 1. The quantitative estimate of drug-likeness (QED) is 0.330. The average molecular weight is 429 g/mol. The van der Waals surface area contributed by atoms with E-state index in [-0.39, 0.29) is 5.91 Å². The van der Waals surface area contributed by atoms with Gasteiger partial charge in [-0.15, -0.1) is 11.3 Å². The van der Waals surface area contributed by atoms with Crippen LogP contribution in [0.15, 0.2) is 89.6 Å². The summed E-state index contributed by atoms with van der Waals surface area (Å²) in [6.45, 7) is 0.395. The monoisotopic (exact) mass is 428 g/mol. The van der Waals surface area contributed by atoms with E-state index in [1.54, 1.807) is 18.5 Å². The lowest BCUT2D eigenvalue weighted by molar-refractivity contribution is -0.118. The van der Waals surface area contributed by atoms with Crippen molar-refractivity contribution in [2.75, 3.05) is 5.32 Å². The molecule has 4 rings (SSSR count). The highest BCUT2D eigenvalue weighted by molar-refractivity contribution is 7.14. The summed E-state index contributed by atoms with van der Waals surface area (Å²) in [7, 11) is 0. The molecule has 2 aromatic carbocycles. The molecule has 154 valence electrons. The van der Waals surface area contributed by atoms with E-state index in [4.69, 9.17) is 5.53 Å². The van der Waals surface area contributed by atoms with Gasteiger partial charge < -0.3 is 5.32 Å². The standard InChI is InChI=1S/C23H20N6OS/c24-29-19-9-5-4-8-18(19)14-26-21(17-6-2-1-3-7-17)22(30)28-23-27-20(15-31-23)16-10-12-25-13-11-16/h1-13,15,21,24,26H,14H2,(H,27,28,30). The zero-order chi connectivity index (χ0) is 21.5. The van der Waals surface area contributed by atoms with Crippen molar-refractivity contribution in [1.29, 1.82) is 5.53 Å². The lowest BCUT2D eigenvalue weighted by Crippen LogP contribution is -2.32. The fourth-order valence-electron chi connectivity index (χ4n) is 3.15. The number of nitrogens with zero attached hydrogens (tertiary/aromatic N) is 3. The Morgan fingerprint density at radius 1 is 1.03 bits per heavy atom. The lowest BCUT2D eigenvalue weighted by atomic mass is 10.1. The molecule has 7 nitrogen and oxygen atoms in total. The smallest absolute Gasteiger partial charge is 0.247 e. The number of carbonyl (C=O) groups is 1. The van der Waals surface area contributed by atoms with Crippen LogP contribution >= 0.6 is 11.3 Å². The number of pyridine rings is 1. The van der Waals surface area contributed by atoms with Crippen molar-refractivity contribution in [3.63, 3.8) is 0 Å². The molecule has 0 saturated carbocycles. The van der Waals surface area contributed by atoms with Gasteiger partial charge in [0.2, 0.25) is 5.91 Å². The van der Waals surface area contributed by atoms with Crippen molar-refractivity contribution < 1.29 is 4.79 Å². The summed E-state index contributed by atoms with van der Waals surface area (Å²) < 4.78 is 0. The first kappa shape index (κ1) is 20.5. The molecule has 0 radical (unpaired) electrons. The number of benzene rings is 2. The molecule has 0 spiro atoms. The van der Waals surface area contributed by atoms with Crippen LogP contribution in [-0.2, 0) is 11.3 Å². The summed E-state index contributed by atoms with van der Waals surface area (Å²) in [6.07, 6.45) is 3.42. The highest BCUT2D eigenvalue weighted by Crippen LogP contribution is 2.26. The fourth-order valence-corrected chi connectivity index (χ4v) is 3.88. The topological polar surface area (TPSA) is 103 Å². The van der Waals surface area contributed by atoms with Crippen LogP contribution in [0.4, 0.5) is 10.8 Å². The van der Waals surface area contributed by atoms with Crippen LogP contribution in [0.1, 0.15) is 17.2 Å². The molecule has 0 bridgehead atoms. The molecular weight excluding hydrogens is 408 g/mol. The molecule has 31 heavy (non-hydrogen) atoms. The largest absolute Gasteiger partial charge is 0.300 e. The van der Waals surface area contributed by atoms with Crippen LogP contribution in [0.25, 0.3) is 11.3 Å². The molecule has 0 aliphatic carbocycles. The van der Waals surface area contributed by atoms with Crippen molar-refractivity contribution in [3.05, 3.63) is 95.6 Å². The molecule has 0 aliphatic heterocycles. The third-order valence-corrected chi connectivity index (χ3v) is 5.47. The van der Waals surface area contributed by atoms with Crippen LogP contribution in [0, 0.1) is 5.53 Å². The van der Waals surface area contributed by atoms with E-state index in [1.807, 2.05) is 66.0 Å². The van der Waals surface area contributed by atoms with Crippen molar-refractivity contribution >= 4 is 28.1 Å². The van der Waals surface area contributed by atoms with Gasteiger partial charge in [-0.25, -0.2) is 10.5 Å². The summed E-state index contributed by atoms with van der Waals surface area (Å²) in [5.41, 5.74) is 11.3. The van der Waals surface area contributed by atoms with Gasteiger partial charge in [-0.3, -0.25) is 15.1 Å². The second-order valence-electron chi connectivity index (χ2n) is 6.73. The molecule has 3 N–H and O–H groups in total. The molecule has 2 aromatic heterocycles. The van der Waals surface area contributed by atoms with Crippen molar-refractivity contribution in [1.82, 2.24) is 15.3 Å². The van der Waals surface area contributed by atoms with Crippen LogP contribution in [-0.4, -0.2) is 15.9 Å². The maximum Gasteiger partial charge on any atom is 0.247 e. The number of rotatable bonds is 8. The van der Waals surface area contributed by atoms with Gasteiger partial charge in [0.05, 0.1) is 11.4 Å². The molecule has 1 unspecified atom stereocenters. The van der Waals surface area contributed by atoms with E-state index in [9.17, 15) is 4.79 Å². The van der Waals surface area contributed by atoms with Gasteiger partial charge >= 0.3 is 0 Å². The van der Waals surface area contributed by atoms with Gasteiger partial charge in [0.25, 0.3) is 0 Å².